The third-order valence-electron chi connectivity index (χ3n) is 5.43. The van der Waals surface area contributed by atoms with Crippen molar-refractivity contribution < 1.29 is 13.2 Å². The van der Waals surface area contributed by atoms with Gasteiger partial charge in [-0.15, -0.1) is 0 Å². The van der Waals surface area contributed by atoms with Crippen LogP contribution < -0.4 is 10.6 Å². The maximum atomic E-state index is 12.6. The largest absolute Gasteiger partial charge is 0.364 e. The number of anilines is 2. The number of pyridine rings is 1. The molecule has 1 aliphatic heterocycles. The molecule has 1 aliphatic carbocycles. The zero-order chi connectivity index (χ0) is 20.4. The lowest BCUT2D eigenvalue weighted by Crippen LogP contribution is -2.27. The van der Waals surface area contributed by atoms with Crippen molar-refractivity contribution in [1.82, 2.24) is 9.29 Å². The highest BCUT2D eigenvalue weighted by Crippen LogP contribution is 2.30. The number of nitrogens with zero attached hydrogens (tertiary/aromatic N) is 2. The summed E-state index contributed by atoms with van der Waals surface area (Å²) in [5.74, 6) is 0.889. The average molecular weight is 415 g/mol. The summed E-state index contributed by atoms with van der Waals surface area (Å²) in [6, 6.07) is 11.0. The van der Waals surface area contributed by atoms with E-state index >= 15 is 0 Å². The number of sulfonamides is 1. The lowest BCUT2D eigenvalue weighted by Gasteiger charge is -2.17. The maximum absolute atomic E-state index is 12.6. The van der Waals surface area contributed by atoms with Crippen LogP contribution in [-0.4, -0.2) is 36.7 Å². The van der Waals surface area contributed by atoms with Gasteiger partial charge >= 0.3 is 0 Å². The zero-order valence-electron chi connectivity index (χ0n) is 16.5. The van der Waals surface area contributed by atoms with Crippen LogP contribution in [0.1, 0.15) is 44.2 Å². The summed E-state index contributed by atoms with van der Waals surface area (Å²) in [4.78, 5) is 16.4. The second kappa shape index (κ2) is 8.12. The fourth-order valence-electron chi connectivity index (χ4n) is 3.45. The number of nitrogens with one attached hydrogen (secondary N) is 2. The van der Waals surface area contributed by atoms with Gasteiger partial charge < -0.3 is 10.6 Å². The second-order valence-corrected chi connectivity index (χ2v) is 9.68. The lowest BCUT2D eigenvalue weighted by molar-refractivity contribution is -0.117. The highest BCUT2D eigenvalue weighted by molar-refractivity contribution is 7.89. The van der Waals surface area contributed by atoms with Crippen molar-refractivity contribution in [1.29, 1.82) is 0 Å². The summed E-state index contributed by atoms with van der Waals surface area (Å²) < 4.78 is 26.7. The van der Waals surface area contributed by atoms with Crippen LogP contribution in [0.4, 0.5) is 11.5 Å². The second-order valence-electron chi connectivity index (χ2n) is 7.74. The van der Waals surface area contributed by atoms with Gasteiger partial charge in [-0.3, -0.25) is 4.79 Å². The normalized spacial score (nSPS) is 18.4. The number of carbonyl (C=O) groups is 1. The summed E-state index contributed by atoms with van der Waals surface area (Å²) in [5, 5.41) is 6.22. The molecule has 2 aliphatic rings. The number of amides is 1. The Morgan fingerprint density at radius 1 is 1.10 bits per heavy atom. The molecule has 0 bridgehead atoms. The van der Waals surface area contributed by atoms with Gasteiger partial charge in [-0.25, -0.2) is 13.4 Å². The molecule has 0 radical (unpaired) electrons. The quantitative estimate of drug-likeness (QED) is 0.725. The molecule has 0 spiro atoms. The molecule has 1 aromatic heterocycles. The van der Waals surface area contributed by atoms with E-state index in [0.717, 1.165) is 36.9 Å². The van der Waals surface area contributed by atoms with E-state index in [4.69, 9.17) is 0 Å². The molecule has 1 atom stereocenters. The van der Waals surface area contributed by atoms with Gasteiger partial charge in [0.05, 0.1) is 0 Å². The molecule has 2 aromatic rings. The predicted molar refractivity (Wildman–Crippen MR) is 112 cm³/mol. The summed E-state index contributed by atoms with van der Waals surface area (Å²) in [7, 11) is -3.44. The Morgan fingerprint density at radius 3 is 2.38 bits per heavy atom. The van der Waals surface area contributed by atoms with E-state index in [-0.39, 0.29) is 22.8 Å². The van der Waals surface area contributed by atoms with Crippen molar-refractivity contribution in [2.45, 2.75) is 43.5 Å². The molecule has 2 N–H and O–H groups in total. The summed E-state index contributed by atoms with van der Waals surface area (Å²) in [6.45, 7) is 3.17. The van der Waals surface area contributed by atoms with Gasteiger partial charge in [0, 0.05) is 36.9 Å². The van der Waals surface area contributed by atoms with Crippen molar-refractivity contribution >= 4 is 27.4 Å². The van der Waals surface area contributed by atoms with Gasteiger partial charge in [0.15, 0.2) is 0 Å². The number of carbonyl (C=O) groups excluding carboxylic acids is 1. The van der Waals surface area contributed by atoms with E-state index in [1.807, 2.05) is 31.2 Å². The molecular formula is C21H26N4O3S. The van der Waals surface area contributed by atoms with Crippen molar-refractivity contribution in [3.63, 3.8) is 0 Å². The number of aromatic nitrogens is 1. The van der Waals surface area contributed by atoms with Crippen LogP contribution >= 0.6 is 0 Å². The number of benzene rings is 1. The maximum Gasteiger partial charge on any atom is 0.244 e. The molecule has 4 rings (SSSR count). The zero-order valence-corrected chi connectivity index (χ0v) is 17.3. The third kappa shape index (κ3) is 4.59. The molecule has 1 saturated heterocycles. The topological polar surface area (TPSA) is 91.4 Å². The SMILES string of the molecule is CC(Nc1ccc(S(=O)(=O)N2CCCC2)cn1)c1ccc(NC(=O)C2CC2)cc1. The third-order valence-corrected chi connectivity index (χ3v) is 7.31. The monoisotopic (exact) mass is 414 g/mol. The van der Waals surface area contributed by atoms with Crippen molar-refractivity contribution in [2.24, 2.45) is 5.92 Å². The minimum Gasteiger partial charge on any atom is -0.364 e. The van der Waals surface area contributed by atoms with Gasteiger partial charge in [0.2, 0.25) is 15.9 Å². The number of hydrogen-bond donors (Lipinski definition) is 2. The smallest absolute Gasteiger partial charge is 0.244 e. The summed E-state index contributed by atoms with van der Waals surface area (Å²) >= 11 is 0. The molecule has 1 aromatic carbocycles. The summed E-state index contributed by atoms with van der Waals surface area (Å²) in [6.07, 6.45) is 5.20. The van der Waals surface area contributed by atoms with Crippen molar-refractivity contribution in [3.8, 4) is 0 Å². The lowest BCUT2D eigenvalue weighted by atomic mass is 10.1. The van der Waals surface area contributed by atoms with E-state index in [0.29, 0.717) is 18.9 Å². The number of hydrogen-bond acceptors (Lipinski definition) is 5. The van der Waals surface area contributed by atoms with Gasteiger partial charge in [0.25, 0.3) is 0 Å². The van der Waals surface area contributed by atoms with E-state index in [1.165, 1.54) is 10.5 Å². The van der Waals surface area contributed by atoms with Crippen molar-refractivity contribution in [2.75, 3.05) is 23.7 Å². The van der Waals surface area contributed by atoms with Gasteiger partial charge in [-0.1, -0.05) is 12.1 Å². The van der Waals surface area contributed by atoms with Crippen LogP contribution in [0.25, 0.3) is 0 Å². The van der Waals surface area contributed by atoms with Crippen LogP contribution in [-0.2, 0) is 14.8 Å². The molecule has 2 fully saturated rings. The molecule has 29 heavy (non-hydrogen) atoms. The molecule has 1 unspecified atom stereocenters. The summed E-state index contributed by atoms with van der Waals surface area (Å²) in [5.41, 5.74) is 1.84. The van der Waals surface area contributed by atoms with E-state index in [9.17, 15) is 13.2 Å². The molecule has 1 amide bonds. The highest BCUT2D eigenvalue weighted by atomic mass is 32.2. The molecular weight excluding hydrogens is 388 g/mol. The Hall–Kier alpha value is -2.45. The minimum atomic E-state index is -3.44. The molecule has 7 nitrogen and oxygen atoms in total. The van der Waals surface area contributed by atoms with Crippen molar-refractivity contribution in [3.05, 3.63) is 48.2 Å². The van der Waals surface area contributed by atoms with Gasteiger partial charge in [0.1, 0.15) is 10.7 Å². The molecule has 8 heteroatoms. The number of rotatable bonds is 7. The Balaban J connectivity index is 1.37. The van der Waals surface area contributed by atoms with Gasteiger partial charge in [-0.05, 0) is 62.4 Å². The average Bonchev–Trinajstić information content (AvgIpc) is 3.42. The first kappa shape index (κ1) is 19.8. The minimum absolute atomic E-state index is 0.0169. The van der Waals surface area contributed by atoms with Crippen LogP contribution in [0.15, 0.2) is 47.5 Å². The molecule has 154 valence electrons. The highest BCUT2D eigenvalue weighted by Gasteiger charge is 2.29. The Bertz CT molecular complexity index is 964. The first-order valence-electron chi connectivity index (χ1n) is 10.1. The van der Waals surface area contributed by atoms with Crippen LogP contribution in [0.3, 0.4) is 0 Å². The Kier molecular flexibility index (Phi) is 5.56. The first-order valence-corrected chi connectivity index (χ1v) is 11.5. The fourth-order valence-corrected chi connectivity index (χ4v) is 4.91. The van der Waals surface area contributed by atoms with E-state index in [1.54, 1.807) is 12.1 Å². The standard InChI is InChI=1S/C21H26N4O3S/c1-15(16-6-8-18(9-7-16)24-21(26)17-4-5-17)23-20-11-10-19(14-22-20)29(27,28)25-12-2-3-13-25/h6-11,14-15,17H,2-5,12-13H2,1H3,(H,22,23)(H,24,26). The van der Waals surface area contributed by atoms with Crippen LogP contribution in [0, 0.1) is 5.92 Å². The molecule has 1 saturated carbocycles. The van der Waals surface area contributed by atoms with Gasteiger partial charge in [-0.2, -0.15) is 4.31 Å². The van der Waals surface area contributed by atoms with Crippen LogP contribution in [0.2, 0.25) is 0 Å². The Labute approximate surface area is 171 Å². The first-order chi connectivity index (χ1) is 13.9. The van der Waals surface area contributed by atoms with E-state index in [2.05, 4.69) is 15.6 Å². The Morgan fingerprint density at radius 2 is 1.79 bits per heavy atom. The fraction of sp³-hybridized carbons (Fsp3) is 0.429. The molecule has 2 heterocycles. The van der Waals surface area contributed by atoms with E-state index < -0.39 is 10.0 Å². The van der Waals surface area contributed by atoms with Crippen LogP contribution in [0.5, 0.6) is 0 Å². The predicted octanol–water partition coefficient (Wildman–Crippen LogP) is 3.39.